The number of hydrogen-bond donors (Lipinski definition) is 2. The molecule has 21 heavy (non-hydrogen) atoms. The Morgan fingerprint density at radius 3 is 2.81 bits per heavy atom. The van der Waals surface area contributed by atoms with Crippen LogP contribution in [-0.2, 0) is 11.2 Å². The van der Waals surface area contributed by atoms with Crippen LogP contribution in [0.25, 0.3) is 0 Å². The van der Waals surface area contributed by atoms with E-state index in [0.29, 0.717) is 27.8 Å². The molecule has 1 aromatic carbocycles. The lowest BCUT2D eigenvalue weighted by Gasteiger charge is -2.19. The van der Waals surface area contributed by atoms with E-state index in [1.807, 2.05) is 0 Å². The molecule has 0 aromatic heterocycles. The third-order valence-electron chi connectivity index (χ3n) is 3.69. The fraction of sp³-hybridized carbons (Fsp3) is 0.357. The van der Waals surface area contributed by atoms with E-state index in [4.69, 9.17) is 23.2 Å². The minimum Gasteiger partial charge on any atom is -0.386 e. The molecule has 1 aliphatic carbocycles. The summed E-state index contributed by atoms with van der Waals surface area (Å²) in [5.74, 6) is -0.611. The van der Waals surface area contributed by atoms with Gasteiger partial charge >= 0.3 is 0 Å². The van der Waals surface area contributed by atoms with E-state index in [2.05, 4.69) is 5.32 Å². The van der Waals surface area contributed by atoms with Gasteiger partial charge in [0.2, 0.25) is 5.91 Å². The van der Waals surface area contributed by atoms with Crippen molar-refractivity contribution in [3.8, 4) is 0 Å². The van der Waals surface area contributed by atoms with Crippen molar-refractivity contribution in [1.29, 1.82) is 0 Å². The van der Waals surface area contributed by atoms with Crippen LogP contribution in [-0.4, -0.2) is 22.3 Å². The number of allylic oxidation sites excluding steroid dienone is 1. The fourth-order valence-electron chi connectivity index (χ4n) is 2.62. The summed E-state index contributed by atoms with van der Waals surface area (Å²) in [6, 6.07) is 3.85. The number of carbonyl (C=O) groups is 1. The monoisotopic (exact) mass is 347 g/mol. The molecule has 7 heteroatoms. The molecule has 0 fully saturated rings. The number of hydrogen-bond acceptors (Lipinski definition) is 3. The number of rotatable bonds is 2. The molecule has 0 saturated carbocycles. The molecular weight excluding hydrogens is 336 g/mol. The van der Waals surface area contributed by atoms with Gasteiger partial charge in [-0.15, -0.1) is 0 Å². The molecule has 3 atom stereocenters. The van der Waals surface area contributed by atoms with E-state index in [0.717, 1.165) is 5.56 Å². The van der Waals surface area contributed by atoms with Gasteiger partial charge in [-0.25, -0.2) is 4.39 Å². The normalized spacial score (nSPS) is 27.9. The predicted molar refractivity (Wildman–Crippen MR) is 81.7 cm³/mol. The smallest absolute Gasteiger partial charge is 0.234 e. The summed E-state index contributed by atoms with van der Waals surface area (Å²) in [6.07, 6.45) is -0.0271. The van der Waals surface area contributed by atoms with Gasteiger partial charge in [-0.05, 0) is 29.7 Å². The number of benzene rings is 1. The summed E-state index contributed by atoms with van der Waals surface area (Å²) in [5.41, 5.74) is 1.39. The Bertz CT molecular complexity index is 623. The number of nitrogens with one attached hydrogen (secondary N) is 1. The quantitative estimate of drug-likeness (QED) is 0.864. The molecule has 1 heterocycles. The van der Waals surface area contributed by atoms with E-state index >= 15 is 0 Å². The SMILES string of the molecule is O=C(NC1Cc2ccc(F)cc2C1O)C1CC(Cl)=C(Cl)S1. The topological polar surface area (TPSA) is 49.3 Å². The standard InChI is InChI=1S/C14H12Cl2FNO2S/c15-9-5-11(21-13(9)16)14(20)18-10-3-6-1-2-7(17)4-8(6)12(10)19/h1-2,4,10-12,19H,3,5H2,(H,18,20). The third-order valence-corrected chi connectivity index (χ3v) is 5.86. The van der Waals surface area contributed by atoms with E-state index in [1.165, 1.54) is 23.9 Å². The van der Waals surface area contributed by atoms with Crippen molar-refractivity contribution in [3.63, 3.8) is 0 Å². The van der Waals surface area contributed by atoms with Gasteiger partial charge in [-0.1, -0.05) is 41.0 Å². The van der Waals surface area contributed by atoms with Crippen LogP contribution in [0.15, 0.2) is 27.6 Å². The molecule has 0 radical (unpaired) electrons. The molecule has 2 N–H and O–H groups in total. The molecule has 0 saturated heterocycles. The van der Waals surface area contributed by atoms with Crippen LogP contribution in [0.5, 0.6) is 0 Å². The molecule has 0 spiro atoms. The van der Waals surface area contributed by atoms with Crippen molar-refractivity contribution in [1.82, 2.24) is 5.32 Å². The van der Waals surface area contributed by atoms with Crippen molar-refractivity contribution < 1.29 is 14.3 Å². The van der Waals surface area contributed by atoms with E-state index in [9.17, 15) is 14.3 Å². The Morgan fingerprint density at radius 2 is 2.14 bits per heavy atom. The van der Waals surface area contributed by atoms with Crippen molar-refractivity contribution in [2.24, 2.45) is 0 Å². The zero-order valence-corrected chi connectivity index (χ0v) is 13.1. The maximum absolute atomic E-state index is 13.2. The second kappa shape index (κ2) is 5.80. The van der Waals surface area contributed by atoms with Crippen molar-refractivity contribution >= 4 is 40.9 Å². The maximum atomic E-state index is 13.2. The number of halogens is 3. The number of carbonyl (C=O) groups excluding carboxylic acids is 1. The van der Waals surface area contributed by atoms with E-state index in [-0.39, 0.29) is 11.2 Å². The van der Waals surface area contributed by atoms with E-state index in [1.54, 1.807) is 6.07 Å². The Balaban J connectivity index is 1.67. The third kappa shape index (κ3) is 2.93. The van der Waals surface area contributed by atoms with Crippen LogP contribution in [0.4, 0.5) is 4.39 Å². The van der Waals surface area contributed by atoms with Crippen LogP contribution >= 0.6 is 35.0 Å². The average molecular weight is 348 g/mol. The lowest BCUT2D eigenvalue weighted by molar-refractivity contribution is -0.121. The van der Waals surface area contributed by atoms with Crippen LogP contribution < -0.4 is 5.32 Å². The molecule has 3 nitrogen and oxygen atoms in total. The van der Waals surface area contributed by atoms with Gasteiger partial charge < -0.3 is 10.4 Å². The van der Waals surface area contributed by atoms with Crippen LogP contribution in [0.1, 0.15) is 23.7 Å². The summed E-state index contributed by atoms with van der Waals surface area (Å²) in [5, 5.41) is 13.1. The van der Waals surface area contributed by atoms with Gasteiger partial charge in [-0.2, -0.15) is 0 Å². The molecule has 1 aromatic rings. The largest absolute Gasteiger partial charge is 0.386 e. The van der Waals surface area contributed by atoms with Gasteiger partial charge in [0.15, 0.2) is 0 Å². The molecule has 1 aliphatic heterocycles. The summed E-state index contributed by atoms with van der Waals surface area (Å²) < 4.78 is 13.7. The number of thioether (sulfide) groups is 1. The highest BCUT2D eigenvalue weighted by Gasteiger charge is 2.35. The number of aliphatic hydroxyl groups excluding tert-OH is 1. The van der Waals surface area contributed by atoms with Crippen molar-refractivity contribution in [3.05, 3.63) is 44.5 Å². The summed E-state index contributed by atoms with van der Waals surface area (Å²) in [4.78, 5) is 12.2. The summed E-state index contributed by atoms with van der Waals surface area (Å²) in [7, 11) is 0. The minimum atomic E-state index is -0.898. The first-order valence-corrected chi connectivity index (χ1v) is 8.07. The van der Waals surface area contributed by atoms with Gasteiger partial charge in [-0.3, -0.25) is 4.79 Å². The molecule has 3 unspecified atom stereocenters. The highest BCUT2D eigenvalue weighted by atomic mass is 35.5. The Kier molecular flexibility index (Phi) is 4.19. The zero-order valence-electron chi connectivity index (χ0n) is 10.8. The van der Waals surface area contributed by atoms with Crippen LogP contribution in [0, 0.1) is 5.82 Å². The van der Waals surface area contributed by atoms with Gasteiger partial charge in [0.05, 0.1) is 21.8 Å². The van der Waals surface area contributed by atoms with Crippen LogP contribution in [0.2, 0.25) is 0 Å². The van der Waals surface area contributed by atoms with Gasteiger partial charge in [0, 0.05) is 11.5 Å². The second-order valence-electron chi connectivity index (χ2n) is 5.10. The summed E-state index contributed by atoms with van der Waals surface area (Å²) in [6.45, 7) is 0. The number of amides is 1. The van der Waals surface area contributed by atoms with Gasteiger partial charge in [0.1, 0.15) is 5.82 Å². The Labute approximate surface area is 135 Å². The number of aliphatic hydroxyl groups is 1. The Hall–Kier alpha value is -0.750. The summed E-state index contributed by atoms with van der Waals surface area (Å²) >= 11 is 13.0. The molecular formula is C14H12Cl2FNO2S. The lowest BCUT2D eigenvalue weighted by atomic mass is 10.1. The van der Waals surface area contributed by atoms with Crippen molar-refractivity contribution in [2.45, 2.75) is 30.2 Å². The lowest BCUT2D eigenvalue weighted by Crippen LogP contribution is -2.42. The van der Waals surface area contributed by atoms with Crippen molar-refractivity contribution in [2.75, 3.05) is 0 Å². The van der Waals surface area contributed by atoms with Crippen LogP contribution in [0.3, 0.4) is 0 Å². The maximum Gasteiger partial charge on any atom is 0.234 e. The van der Waals surface area contributed by atoms with Gasteiger partial charge in [0.25, 0.3) is 0 Å². The second-order valence-corrected chi connectivity index (χ2v) is 7.37. The molecule has 2 aliphatic rings. The number of fused-ring (bicyclic) bond motifs is 1. The fourth-order valence-corrected chi connectivity index (χ4v) is 4.28. The highest BCUT2D eigenvalue weighted by molar-refractivity contribution is 8.06. The first kappa shape index (κ1) is 15.2. The minimum absolute atomic E-state index is 0.217. The molecule has 3 rings (SSSR count). The molecule has 0 bridgehead atoms. The first-order chi connectivity index (χ1) is 9.95. The van der Waals surface area contributed by atoms with E-state index < -0.39 is 18.0 Å². The first-order valence-electron chi connectivity index (χ1n) is 6.43. The zero-order chi connectivity index (χ0) is 15.1. The molecule has 1 amide bonds. The highest BCUT2D eigenvalue weighted by Crippen LogP contribution is 2.42. The Morgan fingerprint density at radius 1 is 1.38 bits per heavy atom. The predicted octanol–water partition coefficient (Wildman–Crippen LogP) is 3.05. The molecule has 112 valence electrons. The average Bonchev–Trinajstić information content (AvgIpc) is 2.93.